The van der Waals surface area contributed by atoms with E-state index in [-0.39, 0.29) is 30.6 Å². The first kappa shape index (κ1) is 20.2. The zero-order valence-corrected chi connectivity index (χ0v) is 16.5. The normalized spacial score (nSPS) is 10.9. The van der Waals surface area contributed by atoms with Gasteiger partial charge in [-0.05, 0) is 26.8 Å². The van der Waals surface area contributed by atoms with Crippen LogP contribution >= 0.6 is 0 Å². The van der Waals surface area contributed by atoms with Crippen molar-refractivity contribution in [3.05, 3.63) is 75.7 Å². The molecule has 0 saturated carbocycles. The van der Waals surface area contributed by atoms with Crippen molar-refractivity contribution in [2.45, 2.75) is 39.8 Å². The van der Waals surface area contributed by atoms with Crippen LogP contribution in [0.5, 0.6) is 0 Å². The summed E-state index contributed by atoms with van der Waals surface area (Å²) in [5.41, 5.74) is 2.22. The Morgan fingerprint density at radius 1 is 1.21 bits per heavy atom. The molecule has 0 fully saturated rings. The minimum atomic E-state index is -0.478. The highest BCUT2D eigenvalue weighted by Crippen LogP contribution is 2.21. The molecule has 0 aliphatic carbocycles. The number of nitro benzene ring substituents is 1. The van der Waals surface area contributed by atoms with Crippen LogP contribution in [-0.2, 0) is 17.8 Å². The number of amides is 1. The quantitative estimate of drug-likeness (QED) is 0.444. The summed E-state index contributed by atoms with van der Waals surface area (Å²) < 4.78 is 5.34. The van der Waals surface area contributed by atoms with Gasteiger partial charge in [0.1, 0.15) is 6.54 Å². The highest BCUT2D eigenvalue weighted by atomic mass is 16.6. The van der Waals surface area contributed by atoms with Crippen LogP contribution in [-0.4, -0.2) is 31.9 Å². The van der Waals surface area contributed by atoms with Gasteiger partial charge in [-0.25, -0.2) is 0 Å². The predicted octanol–water partition coefficient (Wildman–Crippen LogP) is 3.93. The second kappa shape index (κ2) is 8.64. The van der Waals surface area contributed by atoms with Crippen LogP contribution in [0.3, 0.4) is 0 Å². The molecule has 150 valence electrons. The topological polar surface area (TPSA) is 102 Å². The Kier molecular flexibility index (Phi) is 6.01. The molecular weight excluding hydrogens is 372 g/mol. The van der Waals surface area contributed by atoms with Crippen LogP contribution in [0.4, 0.5) is 5.69 Å². The van der Waals surface area contributed by atoms with E-state index in [0.717, 1.165) is 11.1 Å². The van der Waals surface area contributed by atoms with Crippen LogP contribution in [0.1, 0.15) is 30.9 Å². The first-order chi connectivity index (χ1) is 13.8. The summed E-state index contributed by atoms with van der Waals surface area (Å²) in [4.78, 5) is 29.6. The molecule has 1 amide bonds. The number of nitro groups is 1. The summed E-state index contributed by atoms with van der Waals surface area (Å²) in [6, 6.07) is 13.9. The molecule has 0 aliphatic rings. The lowest BCUT2D eigenvalue weighted by molar-refractivity contribution is -0.385. The summed E-state index contributed by atoms with van der Waals surface area (Å²) in [5.74, 6) is 0.522. The van der Waals surface area contributed by atoms with Crippen LogP contribution in [0.25, 0.3) is 11.4 Å². The van der Waals surface area contributed by atoms with Crippen molar-refractivity contribution in [1.82, 2.24) is 15.0 Å². The fourth-order valence-corrected chi connectivity index (χ4v) is 3.03. The van der Waals surface area contributed by atoms with Crippen molar-refractivity contribution in [2.75, 3.05) is 0 Å². The average molecular weight is 394 g/mol. The molecule has 3 aromatic rings. The first-order valence-corrected chi connectivity index (χ1v) is 9.26. The number of rotatable bonds is 7. The van der Waals surface area contributed by atoms with Crippen LogP contribution in [0.15, 0.2) is 53.1 Å². The molecule has 0 aliphatic heterocycles. The van der Waals surface area contributed by atoms with Gasteiger partial charge in [0.2, 0.25) is 17.6 Å². The van der Waals surface area contributed by atoms with Gasteiger partial charge in [-0.3, -0.25) is 14.9 Å². The molecule has 3 rings (SSSR count). The third-order valence-electron chi connectivity index (χ3n) is 4.52. The molecule has 0 bridgehead atoms. The van der Waals surface area contributed by atoms with E-state index in [1.807, 2.05) is 45.0 Å². The number of hydrogen-bond acceptors (Lipinski definition) is 6. The summed E-state index contributed by atoms with van der Waals surface area (Å²) in [7, 11) is 0. The van der Waals surface area contributed by atoms with E-state index >= 15 is 0 Å². The minimum Gasteiger partial charge on any atom is -0.337 e. The highest BCUT2D eigenvalue weighted by Gasteiger charge is 2.24. The van der Waals surface area contributed by atoms with E-state index in [4.69, 9.17) is 4.52 Å². The molecule has 0 N–H and O–H groups in total. The molecule has 0 saturated heterocycles. The average Bonchev–Trinajstić information content (AvgIpc) is 3.15. The van der Waals surface area contributed by atoms with E-state index in [9.17, 15) is 14.9 Å². The van der Waals surface area contributed by atoms with E-state index in [2.05, 4.69) is 10.1 Å². The Balaban J connectivity index is 1.77. The smallest absolute Gasteiger partial charge is 0.273 e. The third kappa shape index (κ3) is 4.84. The molecule has 8 heteroatoms. The molecule has 1 aromatic heterocycles. The van der Waals surface area contributed by atoms with Crippen molar-refractivity contribution >= 4 is 11.6 Å². The third-order valence-corrected chi connectivity index (χ3v) is 4.52. The Morgan fingerprint density at radius 3 is 2.66 bits per heavy atom. The van der Waals surface area contributed by atoms with E-state index in [1.165, 1.54) is 6.07 Å². The van der Waals surface area contributed by atoms with Crippen molar-refractivity contribution < 1.29 is 14.2 Å². The highest BCUT2D eigenvalue weighted by molar-refractivity contribution is 5.80. The monoisotopic (exact) mass is 394 g/mol. The SMILES string of the molecule is Cc1cccc(-c2noc(CN(C(=O)Cc3ccccc3[N+](=O)[O-])C(C)C)n2)c1. The number of aryl methyl sites for hydroxylation is 1. The maximum absolute atomic E-state index is 12.9. The molecule has 0 unspecified atom stereocenters. The second-order valence-electron chi connectivity index (χ2n) is 7.06. The van der Waals surface area contributed by atoms with E-state index < -0.39 is 4.92 Å². The molecule has 2 aromatic carbocycles. The lowest BCUT2D eigenvalue weighted by Gasteiger charge is -2.25. The standard InChI is InChI=1S/C21H22N4O4/c1-14(2)24(20(26)12-16-8-4-5-10-18(16)25(27)28)13-19-22-21(23-29-19)17-9-6-7-15(3)11-17/h4-11,14H,12-13H2,1-3H3. The summed E-state index contributed by atoms with van der Waals surface area (Å²) in [5, 5.41) is 15.2. The fourth-order valence-electron chi connectivity index (χ4n) is 3.03. The Bertz CT molecular complexity index is 1030. The molecule has 0 spiro atoms. The maximum atomic E-state index is 12.9. The van der Waals surface area contributed by atoms with Gasteiger partial charge in [0.15, 0.2) is 0 Å². The lowest BCUT2D eigenvalue weighted by atomic mass is 10.1. The fraction of sp³-hybridized carbons (Fsp3) is 0.286. The number of carbonyl (C=O) groups is 1. The van der Waals surface area contributed by atoms with Gasteiger partial charge in [0.25, 0.3) is 5.69 Å². The summed E-state index contributed by atoms with van der Waals surface area (Å²) >= 11 is 0. The predicted molar refractivity (Wildman–Crippen MR) is 107 cm³/mol. The molecule has 0 radical (unpaired) electrons. The molecule has 0 atom stereocenters. The Morgan fingerprint density at radius 2 is 1.97 bits per heavy atom. The summed E-state index contributed by atoms with van der Waals surface area (Å²) in [6.07, 6.45) is -0.0752. The van der Waals surface area contributed by atoms with Gasteiger partial charge in [-0.1, -0.05) is 47.1 Å². The zero-order chi connectivity index (χ0) is 21.0. The minimum absolute atomic E-state index is 0.0657. The van der Waals surface area contributed by atoms with E-state index in [1.54, 1.807) is 23.1 Å². The first-order valence-electron chi connectivity index (χ1n) is 9.26. The Hall–Kier alpha value is -3.55. The number of carbonyl (C=O) groups excluding carboxylic acids is 1. The van der Waals surface area contributed by atoms with Crippen LogP contribution in [0.2, 0.25) is 0 Å². The van der Waals surface area contributed by atoms with Crippen molar-refractivity contribution in [3.63, 3.8) is 0 Å². The molecule has 1 heterocycles. The second-order valence-corrected chi connectivity index (χ2v) is 7.06. The largest absolute Gasteiger partial charge is 0.337 e. The van der Waals surface area contributed by atoms with Crippen molar-refractivity contribution in [3.8, 4) is 11.4 Å². The van der Waals surface area contributed by atoms with Gasteiger partial charge in [0, 0.05) is 23.2 Å². The van der Waals surface area contributed by atoms with Gasteiger partial charge in [-0.2, -0.15) is 4.98 Å². The number of aromatic nitrogens is 2. The van der Waals surface area contributed by atoms with Crippen molar-refractivity contribution in [1.29, 1.82) is 0 Å². The zero-order valence-electron chi connectivity index (χ0n) is 16.5. The maximum Gasteiger partial charge on any atom is 0.273 e. The number of para-hydroxylation sites is 1. The van der Waals surface area contributed by atoms with Gasteiger partial charge in [0.05, 0.1) is 11.3 Å². The number of benzene rings is 2. The van der Waals surface area contributed by atoms with Crippen molar-refractivity contribution in [2.24, 2.45) is 0 Å². The van der Waals surface area contributed by atoms with Crippen LogP contribution in [0, 0.1) is 17.0 Å². The van der Waals surface area contributed by atoms with Crippen LogP contribution < -0.4 is 0 Å². The number of hydrogen-bond donors (Lipinski definition) is 0. The van der Waals surface area contributed by atoms with Gasteiger partial charge in [-0.15, -0.1) is 0 Å². The van der Waals surface area contributed by atoms with Gasteiger partial charge >= 0.3 is 0 Å². The summed E-state index contributed by atoms with van der Waals surface area (Å²) in [6.45, 7) is 5.85. The van der Waals surface area contributed by atoms with E-state index in [0.29, 0.717) is 17.3 Å². The van der Waals surface area contributed by atoms with Gasteiger partial charge < -0.3 is 9.42 Å². The molecule has 8 nitrogen and oxygen atoms in total. The molecule has 29 heavy (non-hydrogen) atoms. The number of nitrogens with zero attached hydrogens (tertiary/aromatic N) is 4. The molecular formula is C21H22N4O4. The lowest BCUT2D eigenvalue weighted by Crippen LogP contribution is -2.37. The Labute approximate surface area is 168 Å².